The first-order valence-corrected chi connectivity index (χ1v) is 11.2. The van der Waals surface area contributed by atoms with Gasteiger partial charge in [0, 0.05) is 54.2 Å². The van der Waals surface area contributed by atoms with Crippen molar-refractivity contribution in [2.45, 2.75) is 52.5 Å². The molecule has 31 heavy (non-hydrogen) atoms. The molecular weight excluding hydrogens is 392 g/mol. The van der Waals surface area contributed by atoms with Crippen LogP contribution in [-0.4, -0.2) is 46.5 Å². The molecule has 0 radical (unpaired) electrons. The second-order valence-electron chi connectivity index (χ2n) is 7.63. The minimum absolute atomic E-state index is 0.250. The van der Waals surface area contributed by atoms with Crippen molar-refractivity contribution in [1.29, 1.82) is 0 Å². The Morgan fingerprint density at radius 3 is 2.71 bits per heavy atom. The van der Waals surface area contributed by atoms with E-state index >= 15 is 0 Å². The number of nitrogens with zero attached hydrogens (tertiary/aromatic N) is 5. The fourth-order valence-electron chi connectivity index (χ4n) is 3.76. The smallest absolute Gasteiger partial charge is 0.227 e. The summed E-state index contributed by atoms with van der Waals surface area (Å²) in [6.45, 7) is 6.96. The van der Waals surface area contributed by atoms with E-state index in [0.717, 1.165) is 48.8 Å². The molecule has 1 aliphatic rings. The van der Waals surface area contributed by atoms with Gasteiger partial charge in [-0.05, 0) is 38.7 Å². The molecule has 168 valence electrons. The lowest BCUT2D eigenvalue weighted by atomic mass is 10.1. The van der Waals surface area contributed by atoms with E-state index in [1.54, 1.807) is 18.8 Å². The van der Waals surface area contributed by atoms with Crippen molar-refractivity contribution >= 4 is 17.3 Å². The molecule has 4 rings (SSSR count). The Hall–Kier alpha value is -2.87. The molecule has 3 aromatic heterocycles. The van der Waals surface area contributed by atoms with Gasteiger partial charge in [0.15, 0.2) is 5.65 Å². The van der Waals surface area contributed by atoms with Crippen LogP contribution in [0.3, 0.4) is 0 Å². The summed E-state index contributed by atoms with van der Waals surface area (Å²) in [5, 5.41) is 15.7. The molecule has 0 unspecified atom stereocenters. The zero-order valence-corrected chi connectivity index (χ0v) is 18.9. The average Bonchev–Trinajstić information content (AvgIpc) is 3.22. The Balaban J connectivity index is 0.000000858. The number of anilines is 2. The molecule has 4 heterocycles. The molecule has 2 N–H and O–H groups in total. The van der Waals surface area contributed by atoms with Crippen LogP contribution < -0.4 is 19.8 Å². The highest BCUT2D eigenvalue weighted by Crippen LogP contribution is 2.25. The van der Waals surface area contributed by atoms with E-state index in [0.29, 0.717) is 6.54 Å². The number of hydrogen-bond donors (Lipinski definition) is 2. The molecule has 1 saturated heterocycles. The molecule has 0 aromatic carbocycles. The largest absolute Gasteiger partial charge is 0.397 e. The van der Waals surface area contributed by atoms with E-state index in [2.05, 4.69) is 34.4 Å². The van der Waals surface area contributed by atoms with Gasteiger partial charge in [0.05, 0.1) is 6.20 Å². The van der Waals surface area contributed by atoms with Gasteiger partial charge in [0.1, 0.15) is 18.7 Å². The van der Waals surface area contributed by atoms with Gasteiger partial charge in [-0.2, -0.15) is 9.61 Å². The molecule has 0 saturated carbocycles. The Labute approximate surface area is 184 Å². The zero-order chi connectivity index (χ0) is 22.1. The van der Waals surface area contributed by atoms with Crippen molar-refractivity contribution in [3.63, 3.8) is 0 Å². The van der Waals surface area contributed by atoms with Crippen LogP contribution in [0.5, 0.6) is 0 Å². The number of aromatic nitrogens is 4. The molecule has 1 aliphatic heterocycles. The lowest BCUT2D eigenvalue weighted by Crippen LogP contribution is -2.40. The van der Waals surface area contributed by atoms with Gasteiger partial charge in [-0.25, -0.2) is 4.98 Å². The molecule has 0 atom stereocenters. The van der Waals surface area contributed by atoms with E-state index in [-0.39, 0.29) is 6.61 Å². The average molecular weight is 428 g/mol. The number of nitrogens with one attached hydrogen (secondary N) is 1. The van der Waals surface area contributed by atoms with Gasteiger partial charge in [0.25, 0.3) is 0 Å². The van der Waals surface area contributed by atoms with Gasteiger partial charge in [-0.1, -0.05) is 13.3 Å². The fraction of sp³-hybridized carbons (Fsp3) is 0.522. The van der Waals surface area contributed by atoms with Crippen LogP contribution in [0.15, 0.2) is 36.8 Å². The van der Waals surface area contributed by atoms with Crippen LogP contribution in [0.2, 0.25) is 0 Å². The predicted octanol–water partition coefficient (Wildman–Crippen LogP) is 2.63. The minimum atomic E-state index is 0.250. The van der Waals surface area contributed by atoms with Crippen LogP contribution in [0, 0.1) is 0 Å². The lowest BCUT2D eigenvalue weighted by molar-refractivity contribution is -0.885. The van der Waals surface area contributed by atoms with Crippen molar-refractivity contribution in [3.05, 3.63) is 47.9 Å². The molecule has 1 fully saturated rings. The molecule has 0 bridgehead atoms. The predicted molar refractivity (Wildman–Crippen MR) is 122 cm³/mol. The van der Waals surface area contributed by atoms with Crippen molar-refractivity contribution < 1.29 is 14.7 Å². The number of aliphatic hydroxyl groups excluding tert-OH is 1. The fourth-order valence-corrected chi connectivity index (χ4v) is 3.76. The van der Waals surface area contributed by atoms with Gasteiger partial charge < -0.3 is 15.3 Å². The highest BCUT2D eigenvalue weighted by molar-refractivity contribution is 5.61. The molecule has 3 aromatic rings. The summed E-state index contributed by atoms with van der Waals surface area (Å²) < 4.78 is 3.64. The minimum Gasteiger partial charge on any atom is -0.397 e. The third-order valence-corrected chi connectivity index (χ3v) is 5.25. The summed E-state index contributed by atoms with van der Waals surface area (Å²) in [6.07, 6.45) is 11.7. The van der Waals surface area contributed by atoms with Crippen LogP contribution in [-0.2, 0) is 13.0 Å². The zero-order valence-electron chi connectivity index (χ0n) is 18.9. The Kier molecular flexibility index (Phi) is 8.46. The second-order valence-corrected chi connectivity index (χ2v) is 7.63. The van der Waals surface area contributed by atoms with Crippen molar-refractivity contribution in [3.8, 4) is 0 Å². The first kappa shape index (κ1) is 22.8. The van der Waals surface area contributed by atoms with Gasteiger partial charge in [0.2, 0.25) is 12.4 Å². The molecule has 0 amide bonds. The van der Waals surface area contributed by atoms with Crippen LogP contribution >= 0.6 is 0 Å². The summed E-state index contributed by atoms with van der Waals surface area (Å²) in [6, 6.07) is 6.20. The number of pyridine rings is 1. The van der Waals surface area contributed by atoms with E-state index in [1.807, 2.05) is 29.2 Å². The van der Waals surface area contributed by atoms with Crippen LogP contribution in [0.1, 0.15) is 50.7 Å². The highest BCUT2D eigenvalue weighted by Gasteiger charge is 2.17. The maximum atomic E-state index is 7.57. The topological polar surface area (TPSA) is 78.8 Å². The Bertz CT molecular complexity index is 952. The van der Waals surface area contributed by atoms with E-state index in [1.165, 1.54) is 24.8 Å². The summed E-state index contributed by atoms with van der Waals surface area (Å²) in [4.78, 5) is 12.6. The first-order chi connectivity index (χ1) is 15.2. The van der Waals surface area contributed by atoms with Gasteiger partial charge in [-0.3, -0.25) is 4.84 Å². The van der Waals surface area contributed by atoms with Crippen LogP contribution in [0.4, 0.5) is 11.6 Å². The number of fused-ring (bicyclic) bond motifs is 1. The van der Waals surface area contributed by atoms with Crippen molar-refractivity contribution in [2.75, 3.05) is 37.0 Å². The van der Waals surface area contributed by atoms with Crippen molar-refractivity contribution in [1.82, 2.24) is 14.6 Å². The van der Waals surface area contributed by atoms with E-state index in [4.69, 9.17) is 14.9 Å². The van der Waals surface area contributed by atoms with Crippen molar-refractivity contribution in [2.24, 2.45) is 0 Å². The maximum absolute atomic E-state index is 7.57. The van der Waals surface area contributed by atoms with Crippen LogP contribution in [0.25, 0.3) is 5.65 Å². The highest BCUT2D eigenvalue weighted by atomic mass is 16.6. The summed E-state index contributed by atoms with van der Waals surface area (Å²) >= 11 is 0. The van der Waals surface area contributed by atoms with E-state index < -0.39 is 0 Å². The number of hydrogen-bond acceptors (Lipinski definition) is 6. The van der Waals surface area contributed by atoms with Gasteiger partial charge >= 0.3 is 0 Å². The number of aliphatic hydroxyl groups is 1. The molecule has 8 heteroatoms. The maximum Gasteiger partial charge on any atom is 0.227 e. The number of aryl methyl sites for hydroxylation is 1. The monoisotopic (exact) mass is 427 g/mol. The van der Waals surface area contributed by atoms with E-state index in [9.17, 15) is 0 Å². The Morgan fingerprint density at radius 2 is 2.00 bits per heavy atom. The second kappa shape index (κ2) is 11.5. The summed E-state index contributed by atoms with van der Waals surface area (Å²) in [7, 11) is 1.66. The number of rotatable bonds is 7. The first-order valence-electron chi connectivity index (χ1n) is 11.2. The lowest BCUT2D eigenvalue weighted by Gasteiger charge is -2.28. The quantitative estimate of drug-likeness (QED) is 0.565. The third kappa shape index (κ3) is 5.85. The number of piperidine rings is 1. The van der Waals surface area contributed by atoms with Gasteiger partial charge in [-0.15, -0.1) is 0 Å². The summed E-state index contributed by atoms with van der Waals surface area (Å²) in [5.74, 6) is 2.02. The molecule has 0 aliphatic carbocycles. The molecule has 0 spiro atoms. The summed E-state index contributed by atoms with van der Waals surface area (Å²) in [5.41, 5.74) is 3.31. The normalized spacial score (nSPS) is 13.6. The third-order valence-electron chi connectivity index (χ3n) is 5.25. The molecular formula is C23H35N6O2+. The Morgan fingerprint density at radius 1 is 1.23 bits per heavy atom. The molecule has 8 nitrogen and oxygen atoms in total. The standard InChI is InChI=1S/C21H29N6O.C2H6O/c1-3-8-18-15-23-27-19(22-14-17-9-7-12-26(16-17)28-2)13-20(24-21(18)27)25-10-5-4-6-11-25;1-2-3/h7,9,12-13,15-16,22H,3-6,8,10-11,14H2,1-2H3;3H,2H2,1H3/q+1;. The SMILES string of the molecule is CCCc1cnn2c(NCc3ccc[n+](OC)c3)cc(N3CCCCC3)nc12.CCO.